The fourth-order valence-electron chi connectivity index (χ4n) is 2.64. The summed E-state index contributed by atoms with van der Waals surface area (Å²) < 4.78 is 10.1. The Morgan fingerprint density at radius 2 is 1.65 bits per heavy atom. The SMILES string of the molecule is CCOC(=O)c1c(C)c(=O)on1C(=O)CN1C(=O)c2ccccc2C1=O. The van der Waals surface area contributed by atoms with Crippen LogP contribution in [-0.2, 0) is 4.74 Å². The summed E-state index contributed by atoms with van der Waals surface area (Å²) in [6.07, 6.45) is 0. The number of amides is 2. The fraction of sp³-hybridized carbons (Fsp3) is 0.235. The topological polar surface area (TPSA) is 116 Å². The van der Waals surface area contributed by atoms with E-state index in [1.807, 2.05) is 0 Å². The molecule has 0 atom stereocenters. The molecule has 1 aliphatic heterocycles. The summed E-state index contributed by atoms with van der Waals surface area (Å²) in [5, 5.41) is 0. The molecule has 1 aliphatic rings. The Kier molecular flexibility index (Phi) is 4.29. The van der Waals surface area contributed by atoms with Crippen LogP contribution in [0.4, 0.5) is 0 Å². The van der Waals surface area contributed by atoms with Gasteiger partial charge in [-0.2, -0.15) is 0 Å². The minimum atomic E-state index is -0.923. The number of aromatic nitrogens is 1. The second kappa shape index (κ2) is 6.43. The lowest BCUT2D eigenvalue weighted by Gasteiger charge is -2.13. The maximum absolute atomic E-state index is 12.5. The zero-order chi connectivity index (χ0) is 19.0. The van der Waals surface area contributed by atoms with E-state index < -0.39 is 35.9 Å². The molecular weight excluding hydrogens is 344 g/mol. The molecular formula is C17H14N2O7. The van der Waals surface area contributed by atoms with E-state index in [2.05, 4.69) is 0 Å². The van der Waals surface area contributed by atoms with Crippen LogP contribution in [0.1, 0.15) is 48.5 Å². The lowest BCUT2D eigenvalue weighted by Crippen LogP contribution is -2.37. The van der Waals surface area contributed by atoms with Crippen LogP contribution in [0.15, 0.2) is 33.6 Å². The molecule has 0 N–H and O–H groups in total. The average molecular weight is 358 g/mol. The highest BCUT2D eigenvalue weighted by molar-refractivity contribution is 6.22. The molecule has 0 spiro atoms. The first-order valence-corrected chi connectivity index (χ1v) is 7.75. The Morgan fingerprint density at radius 3 is 2.19 bits per heavy atom. The quantitative estimate of drug-likeness (QED) is 0.588. The first-order valence-electron chi connectivity index (χ1n) is 7.75. The van der Waals surface area contributed by atoms with Crippen molar-refractivity contribution in [3.05, 3.63) is 57.1 Å². The number of rotatable bonds is 4. The van der Waals surface area contributed by atoms with Gasteiger partial charge in [0.05, 0.1) is 23.3 Å². The number of ether oxygens (including phenoxy) is 1. The highest BCUT2D eigenvalue weighted by atomic mass is 16.6. The third-order valence-corrected chi connectivity index (χ3v) is 3.91. The molecule has 9 nitrogen and oxygen atoms in total. The predicted molar refractivity (Wildman–Crippen MR) is 86.1 cm³/mol. The van der Waals surface area contributed by atoms with Crippen molar-refractivity contribution in [3.8, 4) is 0 Å². The average Bonchev–Trinajstić information content (AvgIpc) is 3.05. The number of nitrogens with zero attached hydrogens (tertiary/aromatic N) is 2. The highest BCUT2D eigenvalue weighted by Crippen LogP contribution is 2.22. The molecule has 0 unspecified atom stereocenters. The van der Waals surface area contributed by atoms with Crippen molar-refractivity contribution in [3.63, 3.8) is 0 Å². The van der Waals surface area contributed by atoms with Gasteiger partial charge in [-0.25, -0.2) is 9.59 Å². The molecule has 2 heterocycles. The Balaban J connectivity index is 1.92. The normalized spacial score (nSPS) is 13.1. The summed E-state index contributed by atoms with van der Waals surface area (Å²) >= 11 is 0. The van der Waals surface area contributed by atoms with Crippen LogP contribution in [0.25, 0.3) is 0 Å². The van der Waals surface area contributed by atoms with Crippen LogP contribution < -0.4 is 5.63 Å². The smallest absolute Gasteiger partial charge is 0.362 e. The van der Waals surface area contributed by atoms with E-state index in [1.54, 1.807) is 19.1 Å². The summed E-state index contributed by atoms with van der Waals surface area (Å²) in [5.74, 6) is -3.11. The van der Waals surface area contributed by atoms with Crippen LogP contribution in [0.2, 0.25) is 0 Å². The summed E-state index contributed by atoms with van der Waals surface area (Å²) in [7, 11) is 0. The molecule has 0 radical (unpaired) electrons. The van der Waals surface area contributed by atoms with Crippen molar-refractivity contribution in [2.75, 3.05) is 13.2 Å². The van der Waals surface area contributed by atoms with Gasteiger partial charge in [-0.15, -0.1) is 4.74 Å². The molecule has 134 valence electrons. The zero-order valence-electron chi connectivity index (χ0n) is 14.0. The number of carbonyl (C=O) groups is 4. The van der Waals surface area contributed by atoms with Crippen molar-refractivity contribution < 1.29 is 28.4 Å². The molecule has 0 saturated heterocycles. The van der Waals surface area contributed by atoms with Gasteiger partial charge in [0.1, 0.15) is 6.54 Å². The van der Waals surface area contributed by atoms with Crippen LogP contribution in [-0.4, -0.2) is 46.5 Å². The van der Waals surface area contributed by atoms with Crippen LogP contribution in [0, 0.1) is 6.92 Å². The minimum absolute atomic E-state index is 0.0320. The van der Waals surface area contributed by atoms with Crippen molar-refractivity contribution >= 4 is 23.7 Å². The van der Waals surface area contributed by atoms with Crippen molar-refractivity contribution in [2.45, 2.75) is 13.8 Å². The first kappa shape index (κ1) is 17.3. The van der Waals surface area contributed by atoms with Gasteiger partial charge in [0.2, 0.25) is 0 Å². The predicted octanol–water partition coefficient (Wildman–Crippen LogP) is 0.863. The number of imide groups is 1. The number of hydrogen-bond donors (Lipinski definition) is 0. The number of benzene rings is 1. The monoisotopic (exact) mass is 358 g/mol. The van der Waals surface area contributed by atoms with E-state index in [4.69, 9.17) is 9.26 Å². The van der Waals surface area contributed by atoms with E-state index in [-0.39, 0.29) is 29.0 Å². The van der Waals surface area contributed by atoms with Gasteiger partial charge in [0, 0.05) is 0 Å². The molecule has 26 heavy (non-hydrogen) atoms. The number of hydrogen-bond acceptors (Lipinski definition) is 7. The largest absolute Gasteiger partial charge is 0.461 e. The lowest BCUT2D eigenvalue weighted by atomic mass is 10.1. The fourth-order valence-corrected chi connectivity index (χ4v) is 2.64. The molecule has 0 bridgehead atoms. The number of esters is 1. The Hall–Kier alpha value is -3.49. The second-order valence-corrected chi connectivity index (χ2v) is 5.50. The number of fused-ring (bicyclic) bond motifs is 1. The third-order valence-electron chi connectivity index (χ3n) is 3.91. The van der Waals surface area contributed by atoms with Crippen LogP contribution in [0.5, 0.6) is 0 Å². The molecule has 1 aromatic heterocycles. The summed E-state index contributed by atoms with van der Waals surface area (Å²) in [5.41, 5.74) is -0.983. The van der Waals surface area contributed by atoms with Crippen molar-refractivity contribution in [1.82, 2.24) is 9.64 Å². The zero-order valence-corrected chi connectivity index (χ0v) is 14.0. The Labute approximate surface area is 146 Å². The van der Waals surface area contributed by atoms with Crippen molar-refractivity contribution in [1.29, 1.82) is 0 Å². The summed E-state index contributed by atoms with van der Waals surface area (Å²) in [6, 6.07) is 6.15. The molecule has 0 aliphatic carbocycles. The molecule has 2 amide bonds. The van der Waals surface area contributed by atoms with E-state index in [1.165, 1.54) is 19.1 Å². The van der Waals surface area contributed by atoms with Crippen LogP contribution >= 0.6 is 0 Å². The molecule has 1 aromatic carbocycles. The molecule has 2 aromatic rings. The van der Waals surface area contributed by atoms with E-state index in [0.29, 0.717) is 4.74 Å². The minimum Gasteiger partial charge on any atom is -0.461 e. The number of carbonyl (C=O) groups excluding carboxylic acids is 4. The van der Waals surface area contributed by atoms with Gasteiger partial charge in [-0.1, -0.05) is 12.1 Å². The third kappa shape index (κ3) is 2.63. The highest BCUT2D eigenvalue weighted by Gasteiger charge is 2.37. The van der Waals surface area contributed by atoms with Gasteiger partial charge in [-0.05, 0) is 26.0 Å². The van der Waals surface area contributed by atoms with E-state index >= 15 is 0 Å². The second-order valence-electron chi connectivity index (χ2n) is 5.50. The van der Waals surface area contributed by atoms with Gasteiger partial charge in [0.15, 0.2) is 5.69 Å². The van der Waals surface area contributed by atoms with Gasteiger partial charge in [0.25, 0.3) is 17.7 Å². The van der Waals surface area contributed by atoms with Gasteiger partial charge in [-0.3, -0.25) is 19.3 Å². The molecule has 0 saturated carbocycles. The summed E-state index contributed by atoms with van der Waals surface area (Å²) in [4.78, 5) is 61.6. The summed E-state index contributed by atoms with van der Waals surface area (Å²) in [6.45, 7) is 2.22. The van der Waals surface area contributed by atoms with E-state index in [0.717, 1.165) is 4.90 Å². The maximum Gasteiger partial charge on any atom is 0.362 e. The van der Waals surface area contributed by atoms with E-state index in [9.17, 15) is 24.0 Å². The lowest BCUT2D eigenvalue weighted by molar-refractivity contribution is 0.0470. The molecule has 3 rings (SSSR count). The standard InChI is InChI=1S/C17H14N2O7/c1-3-25-17(24)13-9(2)16(23)26-19(13)12(20)8-18-14(21)10-6-4-5-7-11(10)15(18)22/h4-7H,3,8H2,1-2H3. The van der Waals surface area contributed by atoms with Gasteiger partial charge >= 0.3 is 11.6 Å². The molecule has 0 fully saturated rings. The van der Waals surface area contributed by atoms with Crippen LogP contribution in [0.3, 0.4) is 0 Å². The Bertz CT molecular complexity index is 964. The molecule has 9 heteroatoms. The maximum atomic E-state index is 12.5. The van der Waals surface area contributed by atoms with Crippen molar-refractivity contribution in [2.24, 2.45) is 0 Å². The first-order chi connectivity index (χ1) is 12.4. The Morgan fingerprint density at radius 1 is 1.08 bits per heavy atom. The van der Waals surface area contributed by atoms with Gasteiger partial charge < -0.3 is 9.26 Å².